The number of carbonyl (C=O) groups is 3. The van der Waals surface area contributed by atoms with Gasteiger partial charge in [0.25, 0.3) is 0 Å². The van der Waals surface area contributed by atoms with Gasteiger partial charge >= 0.3 is 5.97 Å². The number of nitrogens with one attached hydrogen (secondary N) is 7. The molecule has 1 aromatic rings. The normalized spacial score (nSPS) is 23.3. The smallest absolute Gasteiger partial charge is 0.326 e. The van der Waals surface area contributed by atoms with Crippen LogP contribution in [0, 0.1) is 0 Å². The highest BCUT2D eigenvalue weighted by Crippen LogP contribution is 2.12. The number of aliphatic carboxylic acids is 1. The molecule has 2 rings (SSSR count). The molecular weight excluding hydrogens is 518 g/mol. The molecule has 226 valence electrons. The number of phenols is 1. The summed E-state index contributed by atoms with van der Waals surface area (Å²) in [6.45, 7) is 7.21. The van der Waals surface area contributed by atoms with Crippen LogP contribution < -0.4 is 48.7 Å². The summed E-state index contributed by atoms with van der Waals surface area (Å²) in [4.78, 5) is 36.7. The number of phenolic OH excluding ortho intramolecular Hbond substituents is 1. The molecule has 14 nitrogen and oxygen atoms in total. The minimum absolute atomic E-state index is 0.0154. The highest BCUT2D eigenvalue weighted by molar-refractivity contribution is 5.84. The van der Waals surface area contributed by atoms with E-state index in [0.717, 1.165) is 0 Å². The van der Waals surface area contributed by atoms with Gasteiger partial charge in [-0.15, -0.1) is 0 Å². The van der Waals surface area contributed by atoms with Gasteiger partial charge in [0.15, 0.2) is 0 Å². The van der Waals surface area contributed by atoms with Crippen LogP contribution in [0.5, 0.6) is 5.75 Å². The fourth-order valence-corrected chi connectivity index (χ4v) is 4.34. The van der Waals surface area contributed by atoms with Crippen LogP contribution in [-0.4, -0.2) is 104 Å². The molecule has 0 bridgehead atoms. The van der Waals surface area contributed by atoms with Gasteiger partial charge in [0.05, 0.1) is 5.66 Å². The van der Waals surface area contributed by atoms with E-state index in [1.807, 2.05) is 6.92 Å². The van der Waals surface area contributed by atoms with Crippen molar-refractivity contribution in [1.82, 2.24) is 37.2 Å². The number of hydrogen-bond acceptors (Lipinski definition) is 11. The number of benzene rings is 1. The molecule has 1 aromatic carbocycles. The molecule has 1 saturated heterocycles. The van der Waals surface area contributed by atoms with Crippen molar-refractivity contribution in [3.8, 4) is 5.75 Å². The summed E-state index contributed by atoms with van der Waals surface area (Å²) in [6.07, 6.45) is 0.475. The van der Waals surface area contributed by atoms with Gasteiger partial charge < -0.3 is 48.3 Å². The second-order valence-electron chi connectivity index (χ2n) is 10.4. The average molecular weight is 566 g/mol. The number of carboxylic acids is 1. The highest BCUT2D eigenvalue weighted by atomic mass is 16.4. The van der Waals surface area contributed by atoms with Gasteiger partial charge in [0, 0.05) is 78.2 Å². The molecule has 14 heteroatoms. The first-order chi connectivity index (χ1) is 19.0. The van der Waals surface area contributed by atoms with Crippen molar-refractivity contribution in [3.63, 3.8) is 0 Å². The Bertz CT molecular complexity index is 936. The SMILES string of the molecule is C[C@@]1(NC(=O)CCCC(=O)NC(Cc2ccc(O)cc2)C(=O)O)CNCCNC[C@@](N)(CNCCN)NCCN1. The van der Waals surface area contributed by atoms with Crippen LogP contribution in [-0.2, 0) is 20.8 Å². The Balaban J connectivity index is 1.80. The fraction of sp³-hybridized carbons (Fsp3) is 0.654. The van der Waals surface area contributed by atoms with E-state index in [4.69, 9.17) is 11.5 Å². The second kappa shape index (κ2) is 17.1. The molecular formula is C26H47N9O5. The third kappa shape index (κ3) is 13.0. The van der Waals surface area contributed by atoms with Gasteiger partial charge in [-0.2, -0.15) is 0 Å². The molecule has 0 radical (unpaired) electrons. The Labute approximate surface area is 235 Å². The van der Waals surface area contributed by atoms with Crippen molar-refractivity contribution in [3.05, 3.63) is 29.8 Å². The molecule has 13 N–H and O–H groups in total. The molecule has 1 unspecified atom stereocenters. The summed E-state index contributed by atoms with van der Waals surface area (Å²) in [5.41, 5.74) is 11.4. The van der Waals surface area contributed by atoms with E-state index in [9.17, 15) is 24.6 Å². The quantitative estimate of drug-likeness (QED) is 0.108. The van der Waals surface area contributed by atoms with Crippen LogP contribution in [0.1, 0.15) is 31.7 Å². The zero-order chi connectivity index (χ0) is 29.4. The first-order valence-corrected chi connectivity index (χ1v) is 13.8. The number of carboxylic acid groups (broad SMARTS) is 1. The summed E-state index contributed by atoms with van der Waals surface area (Å²) in [5, 5.41) is 41.1. The molecule has 0 spiro atoms. The largest absolute Gasteiger partial charge is 0.508 e. The lowest BCUT2D eigenvalue weighted by atomic mass is 10.1. The molecule has 1 aliphatic rings. The number of hydrogen-bond donors (Lipinski definition) is 11. The van der Waals surface area contributed by atoms with E-state index >= 15 is 0 Å². The topological polar surface area (TPSA) is 228 Å². The van der Waals surface area contributed by atoms with E-state index in [1.165, 1.54) is 12.1 Å². The molecule has 0 aliphatic carbocycles. The Morgan fingerprint density at radius 2 is 1.65 bits per heavy atom. The van der Waals surface area contributed by atoms with Crippen molar-refractivity contribution in [2.75, 3.05) is 58.9 Å². The summed E-state index contributed by atoms with van der Waals surface area (Å²) < 4.78 is 0. The molecule has 1 fully saturated rings. The predicted octanol–water partition coefficient (Wildman–Crippen LogP) is -2.92. The third-order valence-electron chi connectivity index (χ3n) is 6.51. The summed E-state index contributed by atoms with van der Waals surface area (Å²) in [7, 11) is 0. The Hall–Kier alpha value is -2.85. The minimum atomic E-state index is -1.16. The number of carbonyl (C=O) groups excluding carboxylic acids is 2. The lowest BCUT2D eigenvalue weighted by Gasteiger charge is -2.36. The van der Waals surface area contributed by atoms with Crippen molar-refractivity contribution in [2.45, 2.75) is 50.0 Å². The summed E-state index contributed by atoms with van der Waals surface area (Å²) in [6, 6.07) is 5.02. The molecule has 1 aliphatic heterocycles. The van der Waals surface area contributed by atoms with Crippen LogP contribution in [0.3, 0.4) is 0 Å². The third-order valence-corrected chi connectivity index (χ3v) is 6.51. The molecule has 0 saturated carbocycles. The number of nitrogens with two attached hydrogens (primary N) is 2. The Kier molecular flexibility index (Phi) is 14.2. The maximum Gasteiger partial charge on any atom is 0.326 e. The van der Waals surface area contributed by atoms with Crippen LogP contribution in [0.25, 0.3) is 0 Å². The van der Waals surface area contributed by atoms with E-state index in [0.29, 0.717) is 64.5 Å². The van der Waals surface area contributed by atoms with Gasteiger partial charge in [-0.1, -0.05) is 12.1 Å². The second-order valence-corrected chi connectivity index (χ2v) is 10.4. The zero-order valence-electron chi connectivity index (χ0n) is 23.4. The van der Waals surface area contributed by atoms with E-state index < -0.39 is 29.2 Å². The Morgan fingerprint density at radius 1 is 1.00 bits per heavy atom. The molecule has 2 amide bonds. The summed E-state index contributed by atoms with van der Waals surface area (Å²) in [5.74, 6) is -1.75. The average Bonchev–Trinajstić information content (AvgIpc) is 2.89. The van der Waals surface area contributed by atoms with Gasteiger partial charge in [-0.3, -0.25) is 20.2 Å². The van der Waals surface area contributed by atoms with Crippen molar-refractivity contribution in [1.29, 1.82) is 0 Å². The monoisotopic (exact) mass is 565 g/mol. The highest BCUT2D eigenvalue weighted by Gasteiger charge is 2.28. The molecule has 40 heavy (non-hydrogen) atoms. The fourth-order valence-electron chi connectivity index (χ4n) is 4.34. The van der Waals surface area contributed by atoms with Gasteiger partial charge in [0.1, 0.15) is 17.5 Å². The predicted molar refractivity (Wildman–Crippen MR) is 152 cm³/mol. The zero-order valence-corrected chi connectivity index (χ0v) is 23.4. The maximum atomic E-state index is 12.7. The lowest BCUT2D eigenvalue weighted by molar-refractivity contribution is -0.141. The van der Waals surface area contributed by atoms with E-state index in [1.54, 1.807) is 12.1 Å². The lowest BCUT2D eigenvalue weighted by Crippen LogP contribution is -2.68. The van der Waals surface area contributed by atoms with Gasteiger partial charge in [-0.05, 0) is 31.0 Å². The van der Waals surface area contributed by atoms with E-state index in [-0.39, 0.29) is 37.3 Å². The molecule has 1 heterocycles. The Morgan fingerprint density at radius 3 is 2.33 bits per heavy atom. The van der Waals surface area contributed by atoms with Gasteiger partial charge in [0.2, 0.25) is 11.8 Å². The minimum Gasteiger partial charge on any atom is -0.508 e. The number of aromatic hydroxyl groups is 1. The molecule has 0 aromatic heterocycles. The number of amides is 2. The van der Waals surface area contributed by atoms with Crippen molar-refractivity contribution in [2.24, 2.45) is 11.5 Å². The first-order valence-electron chi connectivity index (χ1n) is 13.8. The van der Waals surface area contributed by atoms with Crippen LogP contribution in [0.4, 0.5) is 0 Å². The van der Waals surface area contributed by atoms with E-state index in [2.05, 4.69) is 37.2 Å². The standard InChI is InChI=1S/C26H47N9O5/c1-25(16-30-11-12-31-18-26(28,17-29-10-9-27)33-14-13-32-25)35-23(38)4-2-3-22(37)34-21(24(39)40)15-19-5-7-20(36)8-6-19/h5-8,21,29-33,36H,2-4,9-18,27-28H2,1H3,(H,34,37)(H,35,38)(H,39,40)/t21?,25-,26-/m1/s1. The van der Waals surface area contributed by atoms with Crippen LogP contribution >= 0.6 is 0 Å². The van der Waals surface area contributed by atoms with Crippen molar-refractivity contribution >= 4 is 17.8 Å². The molecule has 3 atom stereocenters. The first kappa shape index (κ1) is 33.4. The van der Waals surface area contributed by atoms with Crippen molar-refractivity contribution < 1.29 is 24.6 Å². The van der Waals surface area contributed by atoms with Crippen LogP contribution in [0.2, 0.25) is 0 Å². The maximum absolute atomic E-state index is 12.7. The number of rotatable bonds is 13. The van der Waals surface area contributed by atoms with Gasteiger partial charge in [-0.25, -0.2) is 4.79 Å². The van der Waals surface area contributed by atoms with Crippen LogP contribution in [0.15, 0.2) is 24.3 Å². The summed E-state index contributed by atoms with van der Waals surface area (Å²) >= 11 is 0.